The van der Waals surface area contributed by atoms with Crippen LogP contribution >= 0.6 is 11.6 Å². The van der Waals surface area contributed by atoms with E-state index >= 15 is 0 Å². The molecule has 0 aliphatic rings. The van der Waals surface area contributed by atoms with Gasteiger partial charge in [0.05, 0.1) is 18.1 Å². The van der Waals surface area contributed by atoms with Gasteiger partial charge in [-0.25, -0.2) is 0 Å². The summed E-state index contributed by atoms with van der Waals surface area (Å²) < 4.78 is 5.19. The van der Waals surface area contributed by atoms with Crippen molar-refractivity contribution in [3.63, 3.8) is 0 Å². The van der Waals surface area contributed by atoms with Gasteiger partial charge in [-0.05, 0) is 38.0 Å². The molecule has 0 aliphatic carbocycles. The second-order valence-electron chi connectivity index (χ2n) is 3.81. The van der Waals surface area contributed by atoms with Gasteiger partial charge in [-0.3, -0.25) is 4.79 Å². The monoisotopic (exact) mass is 242 g/mol. The molecule has 88 valence electrons. The van der Waals surface area contributed by atoms with Gasteiger partial charge in [0.1, 0.15) is 5.75 Å². The Bertz CT molecular complexity index is 427. The van der Waals surface area contributed by atoms with Gasteiger partial charge >= 0.3 is 5.97 Å². The van der Waals surface area contributed by atoms with E-state index in [0.29, 0.717) is 16.3 Å². The average Bonchev–Trinajstić information content (AvgIpc) is 2.21. The summed E-state index contributed by atoms with van der Waals surface area (Å²) in [5.74, 6) is -1.06. The van der Waals surface area contributed by atoms with Gasteiger partial charge < -0.3 is 9.84 Å². The molecule has 1 N–H and O–H groups in total. The number of halogens is 1. The summed E-state index contributed by atoms with van der Waals surface area (Å²) in [5, 5.41) is 9.52. The van der Waals surface area contributed by atoms with Crippen LogP contribution in [0.4, 0.5) is 0 Å². The zero-order chi connectivity index (χ0) is 12.5. The van der Waals surface area contributed by atoms with Crippen LogP contribution in [0.3, 0.4) is 0 Å². The van der Waals surface area contributed by atoms with Crippen molar-refractivity contribution in [2.24, 2.45) is 0 Å². The molecule has 0 spiro atoms. The predicted octanol–water partition coefficient (Wildman–Crippen LogP) is 3.15. The lowest BCUT2D eigenvalue weighted by Crippen LogP contribution is -2.11. The SMILES string of the molecule is COc1c(Cl)cc(C)c(C)c1C(C)C(=O)O. The number of benzene rings is 1. The molecule has 0 aliphatic heterocycles. The van der Waals surface area contributed by atoms with Crippen molar-refractivity contribution in [3.05, 3.63) is 27.8 Å². The number of hydrogen-bond donors (Lipinski definition) is 1. The molecule has 1 aromatic rings. The van der Waals surface area contributed by atoms with Crippen molar-refractivity contribution in [2.75, 3.05) is 7.11 Å². The standard InChI is InChI=1S/C12H15ClO3/c1-6-5-9(13)11(16-4)10(7(6)2)8(3)12(14)15/h5,8H,1-4H3,(H,14,15). The van der Waals surface area contributed by atoms with Crippen LogP contribution in [0.1, 0.15) is 29.5 Å². The highest BCUT2D eigenvalue weighted by atomic mass is 35.5. The lowest BCUT2D eigenvalue weighted by atomic mass is 9.92. The molecule has 16 heavy (non-hydrogen) atoms. The van der Waals surface area contributed by atoms with Gasteiger partial charge in [0, 0.05) is 5.56 Å². The van der Waals surface area contributed by atoms with Crippen LogP contribution in [0.5, 0.6) is 5.75 Å². The van der Waals surface area contributed by atoms with Crippen molar-refractivity contribution in [1.82, 2.24) is 0 Å². The Labute approximate surface area is 100.0 Å². The third-order valence-electron chi connectivity index (χ3n) is 2.81. The number of aryl methyl sites for hydroxylation is 1. The van der Waals surface area contributed by atoms with Gasteiger partial charge in [0.25, 0.3) is 0 Å². The maximum atomic E-state index is 11.0. The Morgan fingerprint density at radius 1 is 1.50 bits per heavy atom. The minimum Gasteiger partial charge on any atom is -0.495 e. The summed E-state index contributed by atoms with van der Waals surface area (Å²) in [6, 6.07) is 1.79. The molecule has 0 aromatic heterocycles. The highest BCUT2D eigenvalue weighted by Gasteiger charge is 2.23. The van der Waals surface area contributed by atoms with Gasteiger partial charge in [0.15, 0.2) is 0 Å². The zero-order valence-electron chi connectivity index (χ0n) is 9.80. The quantitative estimate of drug-likeness (QED) is 0.886. The minimum absolute atomic E-state index is 0.453. The molecule has 0 radical (unpaired) electrons. The van der Waals surface area contributed by atoms with E-state index in [9.17, 15) is 4.79 Å². The van der Waals surface area contributed by atoms with Gasteiger partial charge in [-0.15, -0.1) is 0 Å². The lowest BCUT2D eigenvalue weighted by molar-refractivity contribution is -0.138. The topological polar surface area (TPSA) is 46.5 Å². The number of carboxylic acids is 1. The molecule has 0 bridgehead atoms. The number of carboxylic acid groups (broad SMARTS) is 1. The highest BCUT2D eigenvalue weighted by Crippen LogP contribution is 2.37. The number of aliphatic carboxylic acids is 1. The molecule has 1 unspecified atom stereocenters. The van der Waals surface area contributed by atoms with Crippen molar-refractivity contribution in [1.29, 1.82) is 0 Å². The van der Waals surface area contributed by atoms with Crippen LogP contribution in [0, 0.1) is 13.8 Å². The summed E-state index contributed by atoms with van der Waals surface area (Å²) in [5.41, 5.74) is 2.53. The highest BCUT2D eigenvalue weighted by molar-refractivity contribution is 6.32. The van der Waals surface area contributed by atoms with Crippen LogP contribution in [-0.2, 0) is 4.79 Å². The van der Waals surface area contributed by atoms with Crippen LogP contribution in [0.2, 0.25) is 5.02 Å². The Hall–Kier alpha value is -1.22. The second-order valence-corrected chi connectivity index (χ2v) is 4.21. The molecule has 1 rings (SSSR count). The molecule has 0 heterocycles. The third kappa shape index (κ3) is 2.14. The first-order valence-electron chi connectivity index (χ1n) is 4.96. The van der Waals surface area contributed by atoms with Crippen molar-refractivity contribution in [3.8, 4) is 5.75 Å². The van der Waals surface area contributed by atoms with E-state index in [1.54, 1.807) is 13.0 Å². The van der Waals surface area contributed by atoms with Crippen LogP contribution < -0.4 is 4.74 Å². The predicted molar refractivity (Wildman–Crippen MR) is 63.5 cm³/mol. The average molecular weight is 243 g/mol. The first-order valence-corrected chi connectivity index (χ1v) is 5.34. The van der Waals surface area contributed by atoms with E-state index in [-0.39, 0.29) is 0 Å². The summed E-state index contributed by atoms with van der Waals surface area (Å²) >= 11 is 6.04. The van der Waals surface area contributed by atoms with Crippen molar-refractivity contribution >= 4 is 17.6 Å². The number of ether oxygens (including phenoxy) is 1. The summed E-state index contributed by atoms with van der Waals surface area (Å²) in [6.45, 7) is 5.41. The second kappa shape index (κ2) is 4.74. The van der Waals surface area contributed by atoms with E-state index in [2.05, 4.69) is 0 Å². The fourth-order valence-corrected chi connectivity index (χ4v) is 2.07. The Kier molecular flexibility index (Phi) is 3.81. The Balaban J connectivity index is 3.50. The zero-order valence-corrected chi connectivity index (χ0v) is 10.6. The minimum atomic E-state index is -0.886. The number of methoxy groups -OCH3 is 1. The maximum absolute atomic E-state index is 11.0. The third-order valence-corrected chi connectivity index (χ3v) is 3.09. The number of carbonyl (C=O) groups is 1. The van der Waals surface area contributed by atoms with Gasteiger partial charge in [-0.2, -0.15) is 0 Å². The van der Waals surface area contributed by atoms with E-state index < -0.39 is 11.9 Å². The number of rotatable bonds is 3. The normalized spacial score (nSPS) is 12.3. The summed E-state index contributed by atoms with van der Waals surface area (Å²) in [4.78, 5) is 11.0. The molecule has 1 aromatic carbocycles. The van der Waals surface area contributed by atoms with Crippen LogP contribution in [0.25, 0.3) is 0 Å². The summed E-state index contributed by atoms with van der Waals surface area (Å²) in [7, 11) is 1.49. The van der Waals surface area contributed by atoms with E-state index in [1.165, 1.54) is 7.11 Å². The summed E-state index contributed by atoms with van der Waals surface area (Å²) in [6.07, 6.45) is 0. The maximum Gasteiger partial charge on any atom is 0.310 e. The molecular weight excluding hydrogens is 228 g/mol. The largest absolute Gasteiger partial charge is 0.495 e. The smallest absolute Gasteiger partial charge is 0.310 e. The fraction of sp³-hybridized carbons (Fsp3) is 0.417. The van der Waals surface area contributed by atoms with E-state index in [4.69, 9.17) is 21.4 Å². The van der Waals surface area contributed by atoms with Crippen molar-refractivity contribution in [2.45, 2.75) is 26.7 Å². The van der Waals surface area contributed by atoms with Crippen LogP contribution in [0.15, 0.2) is 6.07 Å². The Morgan fingerprint density at radius 3 is 2.50 bits per heavy atom. The molecule has 0 saturated carbocycles. The molecule has 4 heteroatoms. The first kappa shape index (κ1) is 12.8. The van der Waals surface area contributed by atoms with E-state index in [1.807, 2.05) is 13.8 Å². The fourth-order valence-electron chi connectivity index (χ4n) is 1.73. The lowest BCUT2D eigenvalue weighted by Gasteiger charge is -2.18. The molecule has 3 nitrogen and oxygen atoms in total. The molecule has 0 fully saturated rings. The molecule has 1 atom stereocenters. The Morgan fingerprint density at radius 2 is 2.06 bits per heavy atom. The van der Waals surface area contributed by atoms with Crippen LogP contribution in [-0.4, -0.2) is 18.2 Å². The van der Waals surface area contributed by atoms with Gasteiger partial charge in [0.2, 0.25) is 0 Å². The van der Waals surface area contributed by atoms with Crippen molar-refractivity contribution < 1.29 is 14.6 Å². The van der Waals surface area contributed by atoms with Gasteiger partial charge in [-0.1, -0.05) is 11.6 Å². The molecule has 0 saturated heterocycles. The first-order chi connectivity index (χ1) is 7.40. The molecular formula is C12H15ClO3. The molecule has 0 amide bonds. The number of hydrogen-bond acceptors (Lipinski definition) is 2. The van der Waals surface area contributed by atoms with E-state index in [0.717, 1.165) is 11.1 Å².